The maximum atomic E-state index is 2.31. The molecule has 0 radical (unpaired) electrons. The number of hydrogen-bond acceptors (Lipinski definition) is 0. The summed E-state index contributed by atoms with van der Waals surface area (Å²) in [4.78, 5) is 0. The molecule has 0 atom stereocenters. The van der Waals surface area contributed by atoms with Gasteiger partial charge in [0.15, 0.2) is 0 Å². The second-order valence-corrected chi connectivity index (χ2v) is 6.58. The van der Waals surface area contributed by atoms with Crippen LogP contribution in [0.4, 0.5) is 0 Å². The second-order valence-electron chi connectivity index (χ2n) is 6.58. The first-order valence-corrected chi connectivity index (χ1v) is 11.2. The maximum Gasteiger partial charge on any atom is -0.0152 e. The molecule has 0 aromatic heterocycles. The molecule has 3 rings (SSSR count). The molecule has 0 aliphatic heterocycles. The first kappa shape index (κ1) is 26.7. The quantitative estimate of drug-likeness (QED) is 0.408. The van der Waals surface area contributed by atoms with E-state index < -0.39 is 0 Å². The largest absolute Gasteiger partial charge is 0.0683 e. The SMILES string of the molecule is CC.CC.CC.Cc1ccc(-c2ccc(-c3ccc(C)c(C)c3C)cc2C)cc1. The zero-order valence-corrected chi connectivity index (χ0v) is 20.7. The van der Waals surface area contributed by atoms with E-state index in [0.29, 0.717) is 0 Å². The van der Waals surface area contributed by atoms with Gasteiger partial charge in [-0.05, 0) is 79.1 Å². The van der Waals surface area contributed by atoms with Crippen molar-refractivity contribution in [1.82, 2.24) is 0 Å². The summed E-state index contributed by atoms with van der Waals surface area (Å²) in [6.07, 6.45) is 0. The van der Waals surface area contributed by atoms with Crippen LogP contribution in [0.25, 0.3) is 22.3 Å². The van der Waals surface area contributed by atoms with Gasteiger partial charge < -0.3 is 0 Å². The lowest BCUT2D eigenvalue weighted by molar-refractivity contribution is 1.27. The highest BCUT2D eigenvalue weighted by molar-refractivity contribution is 5.75. The third-order valence-corrected chi connectivity index (χ3v) is 4.96. The molecule has 0 bridgehead atoms. The Kier molecular flexibility index (Phi) is 12.7. The van der Waals surface area contributed by atoms with Crippen molar-refractivity contribution in [3.05, 3.63) is 82.4 Å². The van der Waals surface area contributed by atoms with E-state index in [1.54, 1.807) is 0 Å². The summed E-state index contributed by atoms with van der Waals surface area (Å²) in [6, 6.07) is 20.1. The molecule has 0 saturated carbocycles. The van der Waals surface area contributed by atoms with Gasteiger partial charge in [-0.25, -0.2) is 0 Å². The summed E-state index contributed by atoms with van der Waals surface area (Å²) in [5.74, 6) is 0. The predicted octanol–water partition coefficient (Wildman–Crippen LogP) is 9.64. The fourth-order valence-electron chi connectivity index (χ4n) is 3.16. The van der Waals surface area contributed by atoms with Crippen molar-refractivity contribution in [2.24, 2.45) is 0 Å². The van der Waals surface area contributed by atoms with Crippen molar-refractivity contribution in [1.29, 1.82) is 0 Å². The van der Waals surface area contributed by atoms with Crippen LogP contribution in [0.5, 0.6) is 0 Å². The Balaban J connectivity index is 0.00000120. The predicted molar refractivity (Wildman–Crippen MR) is 135 cm³/mol. The molecule has 0 aliphatic rings. The van der Waals surface area contributed by atoms with Gasteiger partial charge >= 0.3 is 0 Å². The van der Waals surface area contributed by atoms with Crippen LogP contribution in [-0.2, 0) is 0 Å². The van der Waals surface area contributed by atoms with Crippen LogP contribution in [0.1, 0.15) is 69.4 Å². The van der Waals surface area contributed by atoms with Crippen molar-refractivity contribution in [3.8, 4) is 22.3 Å². The van der Waals surface area contributed by atoms with Crippen molar-refractivity contribution in [3.63, 3.8) is 0 Å². The fourth-order valence-corrected chi connectivity index (χ4v) is 3.16. The molecule has 0 nitrogen and oxygen atoms in total. The van der Waals surface area contributed by atoms with Crippen LogP contribution in [0.2, 0.25) is 0 Å². The minimum atomic E-state index is 1.29. The van der Waals surface area contributed by atoms with Crippen molar-refractivity contribution < 1.29 is 0 Å². The van der Waals surface area contributed by atoms with E-state index in [-0.39, 0.29) is 0 Å². The smallest absolute Gasteiger partial charge is 0.0152 e. The van der Waals surface area contributed by atoms with Crippen molar-refractivity contribution in [2.45, 2.75) is 76.2 Å². The van der Waals surface area contributed by atoms with E-state index >= 15 is 0 Å². The van der Waals surface area contributed by atoms with Crippen LogP contribution in [0, 0.1) is 34.6 Å². The summed E-state index contributed by atoms with van der Waals surface area (Å²) in [5, 5.41) is 0. The lowest BCUT2D eigenvalue weighted by Gasteiger charge is -2.14. The lowest BCUT2D eigenvalue weighted by Crippen LogP contribution is -1.92. The van der Waals surface area contributed by atoms with Gasteiger partial charge in [-0.15, -0.1) is 0 Å². The first-order valence-electron chi connectivity index (χ1n) is 11.2. The molecule has 0 saturated heterocycles. The Morgan fingerprint density at radius 3 is 1.41 bits per heavy atom. The molecule has 0 N–H and O–H groups in total. The third-order valence-electron chi connectivity index (χ3n) is 4.96. The van der Waals surface area contributed by atoms with Gasteiger partial charge in [-0.1, -0.05) is 102 Å². The summed E-state index contributed by atoms with van der Waals surface area (Å²) in [6.45, 7) is 22.9. The van der Waals surface area contributed by atoms with Crippen LogP contribution in [-0.4, -0.2) is 0 Å². The number of aryl methyl sites for hydroxylation is 3. The van der Waals surface area contributed by atoms with E-state index in [9.17, 15) is 0 Å². The maximum absolute atomic E-state index is 2.31. The average Bonchev–Trinajstić information content (AvgIpc) is 2.77. The molecule has 0 fully saturated rings. The fraction of sp³-hybridized carbons (Fsp3) is 0.379. The Hall–Kier alpha value is -2.34. The third kappa shape index (κ3) is 6.89. The van der Waals surface area contributed by atoms with Crippen LogP contribution < -0.4 is 0 Å². The van der Waals surface area contributed by atoms with Crippen LogP contribution in [0.15, 0.2) is 54.6 Å². The molecule has 0 unspecified atom stereocenters. The topological polar surface area (TPSA) is 0 Å². The van der Waals surface area contributed by atoms with Gasteiger partial charge in [0.25, 0.3) is 0 Å². The Bertz CT molecular complexity index is 852. The zero-order chi connectivity index (χ0) is 22.6. The Morgan fingerprint density at radius 1 is 0.414 bits per heavy atom. The molecule has 3 aromatic carbocycles. The number of rotatable bonds is 2. The summed E-state index contributed by atoms with van der Waals surface area (Å²) in [7, 11) is 0. The molecular formula is C29H42. The highest BCUT2D eigenvalue weighted by Gasteiger charge is 2.08. The number of benzene rings is 3. The minimum absolute atomic E-state index is 1.29. The molecule has 0 aliphatic carbocycles. The average molecular weight is 391 g/mol. The number of hydrogen-bond donors (Lipinski definition) is 0. The summed E-state index contributed by atoms with van der Waals surface area (Å²) in [5.41, 5.74) is 12.0. The lowest BCUT2D eigenvalue weighted by atomic mass is 9.91. The summed E-state index contributed by atoms with van der Waals surface area (Å²) < 4.78 is 0. The first-order chi connectivity index (χ1) is 14.0. The molecule has 29 heavy (non-hydrogen) atoms. The van der Waals surface area contributed by atoms with Crippen LogP contribution in [0.3, 0.4) is 0 Å². The van der Waals surface area contributed by atoms with Crippen molar-refractivity contribution in [2.75, 3.05) is 0 Å². The van der Waals surface area contributed by atoms with Gasteiger partial charge in [0.2, 0.25) is 0 Å². The van der Waals surface area contributed by atoms with Crippen LogP contribution >= 0.6 is 0 Å². The van der Waals surface area contributed by atoms with E-state index in [1.807, 2.05) is 41.5 Å². The highest BCUT2D eigenvalue weighted by Crippen LogP contribution is 2.32. The molecular weight excluding hydrogens is 348 g/mol. The van der Waals surface area contributed by atoms with E-state index in [4.69, 9.17) is 0 Å². The van der Waals surface area contributed by atoms with Gasteiger partial charge in [-0.2, -0.15) is 0 Å². The molecule has 0 heterocycles. The van der Waals surface area contributed by atoms with Gasteiger partial charge in [0.1, 0.15) is 0 Å². The van der Waals surface area contributed by atoms with E-state index in [2.05, 4.69) is 89.2 Å². The Labute approximate surface area is 181 Å². The van der Waals surface area contributed by atoms with Crippen molar-refractivity contribution >= 4 is 0 Å². The Morgan fingerprint density at radius 2 is 0.897 bits per heavy atom. The highest BCUT2D eigenvalue weighted by atomic mass is 14.1. The minimum Gasteiger partial charge on any atom is -0.0683 e. The molecule has 0 spiro atoms. The monoisotopic (exact) mass is 390 g/mol. The zero-order valence-electron chi connectivity index (χ0n) is 20.7. The van der Waals surface area contributed by atoms with E-state index in [0.717, 1.165) is 0 Å². The summed E-state index contributed by atoms with van der Waals surface area (Å²) >= 11 is 0. The molecule has 0 amide bonds. The van der Waals surface area contributed by atoms with Gasteiger partial charge in [0, 0.05) is 0 Å². The van der Waals surface area contributed by atoms with Gasteiger partial charge in [0.05, 0.1) is 0 Å². The second kappa shape index (κ2) is 13.8. The molecule has 0 heteroatoms. The van der Waals surface area contributed by atoms with E-state index in [1.165, 1.54) is 50.1 Å². The standard InChI is InChI=1S/C23H24.3C2H6/c1-15-6-9-20(10-7-15)22-13-11-21(14-17(22)3)23-12-8-16(2)18(4)19(23)5;3*1-2/h6-14H,1-5H3;3*1-2H3. The molecule has 3 aromatic rings. The normalized spacial score (nSPS) is 9.21. The molecule has 158 valence electrons. The van der Waals surface area contributed by atoms with Gasteiger partial charge in [-0.3, -0.25) is 0 Å².